The highest BCUT2D eigenvalue weighted by molar-refractivity contribution is 5.30. The van der Waals surface area contributed by atoms with Gasteiger partial charge >= 0.3 is 0 Å². The summed E-state index contributed by atoms with van der Waals surface area (Å²) >= 11 is 0. The van der Waals surface area contributed by atoms with Crippen LogP contribution >= 0.6 is 0 Å². The standard InChI is InChI=1S/C18H30O/c1-11(2)13-6-7-17(4)9-16-14(8-15(13)17)12(3)18(16,5)10-19/h11,13-16,19H,3,6-10H2,1-2,4-5H3/t13-,14-,15-,16-,17+,18?/m0/s1. The van der Waals surface area contributed by atoms with E-state index in [1.165, 1.54) is 31.3 Å². The first-order valence-corrected chi connectivity index (χ1v) is 8.13. The van der Waals surface area contributed by atoms with Crippen molar-refractivity contribution in [3.8, 4) is 0 Å². The molecule has 108 valence electrons. The van der Waals surface area contributed by atoms with Crippen molar-refractivity contribution in [2.45, 2.75) is 53.4 Å². The quantitative estimate of drug-likeness (QED) is 0.737. The topological polar surface area (TPSA) is 20.2 Å². The fraction of sp³-hybridized carbons (Fsp3) is 0.889. The fourth-order valence-corrected chi connectivity index (χ4v) is 5.83. The molecule has 0 amide bonds. The van der Waals surface area contributed by atoms with Crippen LogP contribution in [0.3, 0.4) is 0 Å². The molecule has 1 unspecified atom stereocenters. The van der Waals surface area contributed by atoms with Crippen molar-refractivity contribution < 1.29 is 5.11 Å². The summed E-state index contributed by atoms with van der Waals surface area (Å²) in [6.45, 7) is 14.2. The third kappa shape index (κ3) is 1.63. The predicted molar refractivity (Wildman–Crippen MR) is 79.7 cm³/mol. The summed E-state index contributed by atoms with van der Waals surface area (Å²) in [4.78, 5) is 0. The van der Waals surface area contributed by atoms with Crippen LogP contribution < -0.4 is 0 Å². The smallest absolute Gasteiger partial charge is 0.0524 e. The molecule has 3 aliphatic carbocycles. The van der Waals surface area contributed by atoms with Crippen LogP contribution in [0.5, 0.6) is 0 Å². The van der Waals surface area contributed by atoms with Crippen LogP contribution in [0.25, 0.3) is 0 Å². The van der Waals surface area contributed by atoms with Gasteiger partial charge in [-0.25, -0.2) is 0 Å². The van der Waals surface area contributed by atoms with E-state index >= 15 is 0 Å². The summed E-state index contributed by atoms with van der Waals surface area (Å²) in [6.07, 6.45) is 5.48. The SMILES string of the molecule is C=C1[C@@H]2C[C@H]3[C@H](C(C)C)CC[C@]3(C)C[C@@H]2C1(C)CO. The molecule has 0 spiro atoms. The molecule has 0 saturated heterocycles. The molecule has 1 N–H and O–H groups in total. The average Bonchev–Trinajstić information content (AvgIpc) is 2.72. The van der Waals surface area contributed by atoms with Gasteiger partial charge in [0.2, 0.25) is 0 Å². The highest BCUT2D eigenvalue weighted by Gasteiger charge is 2.62. The van der Waals surface area contributed by atoms with E-state index in [0.29, 0.717) is 23.9 Å². The first-order chi connectivity index (χ1) is 8.83. The summed E-state index contributed by atoms with van der Waals surface area (Å²) in [5.41, 5.74) is 1.90. The number of hydrogen-bond donors (Lipinski definition) is 1. The molecule has 1 nitrogen and oxygen atoms in total. The first-order valence-electron chi connectivity index (χ1n) is 8.13. The molecule has 6 atom stereocenters. The van der Waals surface area contributed by atoms with Crippen LogP contribution in [0.4, 0.5) is 0 Å². The molecule has 1 heteroatoms. The van der Waals surface area contributed by atoms with Crippen LogP contribution in [0.1, 0.15) is 53.4 Å². The van der Waals surface area contributed by atoms with Crippen molar-refractivity contribution in [2.24, 2.45) is 40.4 Å². The van der Waals surface area contributed by atoms with Gasteiger partial charge in [0.25, 0.3) is 0 Å². The molecule has 0 aromatic rings. The highest BCUT2D eigenvalue weighted by atomic mass is 16.3. The zero-order valence-electron chi connectivity index (χ0n) is 13.1. The van der Waals surface area contributed by atoms with Crippen LogP contribution in [0, 0.1) is 40.4 Å². The number of aliphatic hydroxyl groups excluding tert-OH is 1. The van der Waals surface area contributed by atoms with Crippen LogP contribution in [0.15, 0.2) is 12.2 Å². The lowest BCUT2D eigenvalue weighted by Gasteiger charge is -2.62. The van der Waals surface area contributed by atoms with Crippen LogP contribution in [-0.4, -0.2) is 11.7 Å². The van der Waals surface area contributed by atoms with Gasteiger partial charge in [-0.3, -0.25) is 0 Å². The Kier molecular flexibility index (Phi) is 2.95. The fourth-order valence-electron chi connectivity index (χ4n) is 5.83. The Balaban J connectivity index is 1.85. The summed E-state index contributed by atoms with van der Waals surface area (Å²) in [6, 6.07) is 0. The van der Waals surface area contributed by atoms with Gasteiger partial charge in [0, 0.05) is 5.41 Å². The molecule has 3 fully saturated rings. The molecule has 3 rings (SSSR count). The van der Waals surface area contributed by atoms with E-state index in [-0.39, 0.29) is 5.41 Å². The lowest BCUT2D eigenvalue weighted by molar-refractivity contribution is -0.0834. The zero-order chi connectivity index (χ0) is 14.0. The predicted octanol–water partition coefficient (Wildman–Crippen LogP) is 4.27. The first kappa shape index (κ1) is 13.7. The minimum Gasteiger partial charge on any atom is -0.395 e. The van der Waals surface area contributed by atoms with Crippen molar-refractivity contribution in [3.05, 3.63) is 12.2 Å². The second-order valence-electron chi connectivity index (χ2n) is 8.46. The molecule has 0 radical (unpaired) electrons. The largest absolute Gasteiger partial charge is 0.395 e. The Hall–Kier alpha value is -0.300. The zero-order valence-corrected chi connectivity index (χ0v) is 13.1. The lowest BCUT2D eigenvalue weighted by Crippen LogP contribution is -2.57. The Bertz CT molecular complexity index is 398. The highest BCUT2D eigenvalue weighted by Crippen LogP contribution is 2.69. The molecule has 0 aromatic carbocycles. The number of fused-ring (bicyclic) bond motifs is 2. The molecule has 0 heterocycles. The van der Waals surface area contributed by atoms with Gasteiger partial charge in [0.15, 0.2) is 0 Å². The molecular formula is C18H30O. The minimum absolute atomic E-state index is 0.0224. The van der Waals surface area contributed by atoms with Gasteiger partial charge < -0.3 is 5.11 Å². The van der Waals surface area contributed by atoms with Crippen molar-refractivity contribution in [2.75, 3.05) is 6.61 Å². The maximum absolute atomic E-state index is 9.76. The van der Waals surface area contributed by atoms with Gasteiger partial charge in [-0.05, 0) is 60.7 Å². The second-order valence-corrected chi connectivity index (χ2v) is 8.46. The Morgan fingerprint density at radius 2 is 2.00 bits per heavy atom. The molecule has 3 saturated carbocycles. The monoisotopic (exact) mass is 262 g/mol. The molecule has 0 aliphatic heterocycles. The van der Waals surface area contributed by atoms with E-state index in [1.807, 2.05) is 0 Å². The lowest BCUT2D eigenvalue weighted by atomic mass is 9.42. The third-order valence-electron chi connectivity index (χ3n) is 7.32. The molecule has 0 aromatic heterocycles. The summed E-state index contributed by atoms with van der Waals surface area (Å²) in [5, 5.41) is 9.76. The second kappa shape index (κ2) is 4.10. The van der Waals surface area contributed by atoms with E-state index in [4.69, 9.17) is 0 Å². The Morgan fingerprint density at radius 3 is 2.58 bits per heavy atom. The van der Waals surface area contributed by atoms with Crippen LogP contribution in [-0.2, 0) is 0 Å². The molecule has 3 aliphatic rings. The maximum Gasteiger partial charge on any atom is 0.0524 e. The van der Waals surface area contributed by atoms with Gasteiger partial charge in [0.05, 0.1) is 6.61 Å². The van der Waals surface area contributed by atoms with Crippen LogP contribution in [0.2, 0.25) is 0 Å². The van der Waals surface area contributed by atoms with Crippen molar-refractivity contribution >= 4 is 0 Å². The van der Waals surface area contributed by atoms with E-state index < -0.39 is 0 Å². The van der Waals surface area contributed by atoms with Crippen molar-refractivity contribution in [3.63, 3.8) is 0 Å². The Morgan fingerprint density at radius 1 is 1.32 bits per heavy atom. The van der Waals surface area contributed by atoms with Gasteiger partial charge in [-0.15, -0.1) is 0 Å². The molecule has 19 heavy (non-hydrogen) atoms. The van der Waals surface area contributed by atoms with E-state index in [9.17, 15) is 5.11 Å². The van der Waals surface area contributed by atoms with Gasteiger partial charge in [0.1, 0.15) is 0 Å². The Labute approximate surface area is 118 Å². The number of aliphatic hydroxyl groups is 1. The number of hydrogen-bond acceptors (Lipinski definition) is 1. The normalized spacial score (nSPS) is 52.8. The van der Waals surface area contributed by atoms with Crippen molar-refractivity contribution in [1.82, 2.24) is 0 Å². The minimum atomic E-state index is 0.0224. The number of rotatable bonds is 2. The van der Waals surface area contributed by atoms with E-state index in [1.54, 1.807) is 0 Å². The van der Waals surface area contributed by atoms with E-state index in [2.05, 4.69) is 34.3 Å². The molecule has 0 bridgehead atoms. The van der Waals surface area contributed by atoms with Gasteiger partial charge in [-0.1, -0.05) is 39.8 Å². The summed E-state index contributed by atoms with van der Waals surface area (Å²) in [7, 11) is 0. The van der Waals surface area contributed by atoms with Crippen molar-refractivity contribution in [1.29, 1.82) is 0 Å². The molecular weight excluding hydrogens is 232 g/mol. The third-order valence-corrected chi connectivity index (χ3v) is 7.32. The summed E-state index contributed by atoms with van der Waals surface area (Å²) in [5.74, 6) is 4.03. The van der Waals surface area contributed by atoms with E-state index in [0.717, 1.165) is 17.8 Å². The van der Waals surface area contributed by atoms with Gasteiger partial charge in [-0.2, -0.15) is 0 Å². The summed E-state index contributed by atoms with van der Waals surface area (Å²) < 4.78 is 0. The average molecular weight is 262 g/mol. The maximum atomic E-state index is 9.76.